The lowest BCUT2D eigenvalue weighted by Gasteiger charge is -2.15. The highest BCUT2D eigenvalue weighted by atomic mass is 16.6. The number of aliphatic hydroxyl groups is 3. The normalized spacial score (nSPS) is 25.8. The molecule has 9 heteroatoms. The van der Waals surface area contributed by atoms with Gasteiger partial charge in [0.15, 0.2) is 11.9 Å². The molecule has 1 aromatic carbocycles. The fraction of sp³-hybridized carbons (Fsp3) is 0.353. The fourth-order valence-corrected chi connectivity index (χ4v) is 3.24. The Bertz CT molecular complexity index is 916. The Morgan fingerprint density at radius 2 is 1.88 bits per heavy atom. The third-order valence-electron chi connectivity index (χ3n) is 4.56. The summed E-state index contributed by atoms with van der Waals surface area (Å²) in [7, 11) is 0. The molecular formula is C17H19N5O4. The Balaban J connectivity index is 1.80. The summed E-state index contributed by atoms with van der Waals surface area (Å²) in [6.45, 7) is -0.415. The number of hydrogen-bond acceptors (Lipinski definition) is 8. The van der Waals surface area contributed by atoms with Crippen molar-refractivity contribution in [3.05, 3.63) is 47.9 Å². The highest BCUT2D eigenvalue weighted by Gasteiger charge is 2.44. The average molecular weight is 357 g/mol. The molecule has 2 unspecified atom stereocenters. The van der Waals surface area contributed by atoms with Gasteiger partial charge in [-0.3, -0.25) is 0 Å². The van der Waals surface area contributed by atoms with Gasteiger partial charge in [-0.1, -0.05) is 30.3 Å². The van der Waals surface area contributed by atoms with Crippen LogP contribution in [0.4, 0.5) is 5.82 Å². The lowest BCUT2D eigenvalue weighted by atomic mass is 10.1. The van der Waals surface area contributed by atoms with Crippen LogP contribution in [-0.2, 0) is 11.2 Å². The van der Waals surface area contributed by atoms with E-state index in [0.29, 0.717) is 23.1 Å². The zero-order chi connectivity index (χ0) is 18.3. The van der Waals surface area contributed by atoms with Gasteiger partial charge in [-0.15, -0.1) is 0 Å². The van der Waals surface area contributed by atoms with Crippen molar-refractivity contribution in [2.24, 2.45) is 0 Å². The molecule has 0 saturated carbocycles. The highest BCUT2D eigenvalue weighted by Crippen LogP contribution is 2.33. The average Bonchev–Trinajstić information content (AvgIpc) is 3.15. The second-order valence-corrected chi connectivity index (χ2v) is 6.24. The van der Waals surface area contributed by atoms with Gasteiger partial charge in [0, 0.05) is 6.42 Å². The molecule has 9 nitrogen and oxygen atoms in total. The van der Waals surface area contributed by atoms with Crippen LogP contribution in [0.2, 0.25) is 0 Å². The molecule has 0 amide bonds. The molecule has 1 aliphatic heterocycles. The van der Waals surface area contributed by atoms with Gasteiger partial charge in [0.2, 0.25) is 0 Å². The van der Waals surface area contributed by atoms with E-state index in [1.807, 2.05) is 30.3 Å². The second-order valence-electron chi connectivity index (χ2n) is 6.24. The van der Waals surface area contributed by atoms with Crippen LogP contribution in [0.1, 0.15) is 17.5 Å². The molecule has 1 saturated heterocycles. The smallest absolute Gasteiger partial charge is 0.181 e. The molecule has 0 radical (unpaired) electrons. The van der Waals surface area contributed by atoms with Gasteiger partial charge in [0.25, 0.3) is 0 Å². The van der Waals surface area contributed by atoms with Crippen molar-refractivity contribution in [3.63, 3.8) is 0 Å². The van der Waals surface area contributed by atoms with E-state index >= 15 is 0 Å². The standard InChI is InChI=1S/C17H19N5O4/c18-15-12-10(6-9-4-2-1-3-5-9)21-22(16(12)20-8-19-15)17-14(25)13(24)11(7-23)26-17/h1-5,8,11,13-14,17,23-25H,6-7H2,(H2,18,19,20)/t11-,13?,14?,17-/m1/s1. The SMILES string of the molecule is Nc1ncnc2c1c(Cc1ccccc1)nn2[C@@H]1O[C@H](CO)C(O)C1O. The van der Waals surface area contributed by atoms with Gasteiger partial charge in [-0.2, -0.15) is 5.10 Å². The van der Waals surface area contributed by atoms with Crippen molar-refractivity contribution in [2.75, 3.05) is 12.3 Å². The summed E-state index contributed by atoms with van der Waals surface area (Å²) >= 11 is 0. The Hall–Kier alpha value is -2.59. The quantitative estimate of drug-likeness (QED) is 0.495. The summed E-state index contributed by atoms with van der Waals surface area (Å²) in [5, 5.41) is 34.8. The van der Waals surface area contributed by atoms with Gasteiger partial charge >= 0.3 is 0 Å². The van der Waals surface area contributed by atoms with Gasteiger partial charge < -0.3 is 25.8 Å². The van der Waals surface area contributed by atoms with E-state index in [4.69, 9.17) is 10.5 Å². The zero-order valence-electron chi connectivity index (χ0n) is 13.8. The first-order chi connectivity index (χ1) is 12.6. The minimum absolute atomic E-state index is 0.277. The molecule has 2 aromatic heterocycles. The monoisotopic (exact) mass is 357 g/mol. The number of fused-ring (bicyclic) bond motifs is 1. The fourth-order valence-electron chi connectivity index (χ4n) is 3.24. The molecule has 1 aliphatic rings. The summed E-state index contributed by atoms with van der Waals surface area (Å²) in [4.78, 5) is 8.27. The number of aromatic nitrogens is 4. The molecule has 0 spiro atoms. The summed E-state index contributed by atoms with van der Waals surface area (Å²) in [5.41, 5.74) is 8.11. The van der Waals surface area contributed by atoms with Crippen LogP contribution in [0.25, 0.3) is 11.0 Å². The number of nitrogen functional groups attached to an aromatic ring is 1. The van der Waals surface area contributed by atoms with E-state index in [0.717, 1.165) is 5.56 Å². The van der Waals surface area contributed by atoms with E-state index in [-0.39, 0.29) is 5.82 Å². The number of aliphatic hydroxyl groups excluding tert-OH is 3. The summed E-state index contributed by atoms with van der Waals surface area (Å²) in [6.07, 6.45) is -2.55. The Morgan fingerprint density at radius 1 is 1.12 bits per heavy atom. The van der Waals surface area contributed by atoms with Crippen LogP contribution in [0, 0.1) is 0 Å². The van der Waals surface area contributed by atoms with Gasteiger partial charge in [-0.25, -0.2) is 14.6 Å². The van der Waals surface area contributed by atoms with Crippen molar-refractivity contribution in [2.45, 2.75) is 31.0 Å². The summed E-state index contributed by atoms with van der Waals surface area (Å²) in [6, 6.07) is 9.73. The highest BCUT2D eigenvalue weighted by molar-refractivity contribution is 5.88. The molecule has 0 bridgehead atoms. The number of nitrogens with two attached hydrogens (primary N) is 1. The van der Waals surface area contributed by atoms with Crippen LogP contribution >= 0.6 is 0 Å². The van der Waals surface area contributed by atoms with Crippen LogP contribution in [-0.4, -0.2) is 60.0 Å². The maximum atomic E-state index is 10.3. The first-order valence-electron chi connectivity index (χ1n) is 8.24. The molecule has 4 rings (SSSR count). The first-order valence-corrected chi connectivity index (χ1v) is 8.24. The second kappa shape index (κ2) is 6.61. The zero-order valence-corrected chi connectivity index (χ0v) is 13.8. The maximum absolute atomic E-state index is 10.3. The van der Waals surface area contributed by atoms with Gasteiger partial charge in [-0.05, 0) is 5.56 Å². The van der Waals surface area contributed by atoms with E-state index in [1.165, 1.54) is 11.0 Å². The summed E-state index contributed by atoms with van der Waals surface area (Å²) in [5.74, 6) is 0.277. The maximum Gasteiger partial charge on any atom is 0.181 e. The third-order valence-corrected chi connectivity index (χ3v) is 4.56. The van der Waals surface area contributed by atoms with E-state index in [9.17, 15) is 15.3 Å². The van der Waals surface area contributed by atoms with Crippen LogP contribution in [0.3, 0.4) is 0 Å². The Labute approximate surface area is 148 Å². The molecule has 26 heavy (non-hydrogen) atoms. The molecular weight excluding hydrogens is 338 g/mol. The minimum Gasteiger partial charge on any atom is -0.394 e. The molecule has 1 fully saturated rings. The lowest BCUT2D eigenvalue weighted by Crippen LogP contribution is -2.33. The predicted molar refractivity (Wildman–Crippen MR) is 92.0 cm³/mol. The Morgan fingerprint density at radius 3 is 2.58 bits per heavy atom. The number of anilines is 1. The van der Waals surface area contributed by atoms with Crippen molar-refractivity contribution < 1.29 is 20.1 Å². The molecule has 4 atom stereocenters. The number of rotatable bonds is 4. The minimum atomic E-state index is -1.25. The van der Waals surface area contributed by atoms with Gasteiger partial charge in [0.05, 0.1) is 17.7 Å². The van der Waals surface area contributed by atoms with Crippen LogP contribution in [0.15, 0.2) is 36.7 Å². The lowest BCUT2D eigenvalue weighted by molar-refractivity contribution is -0.0568. The number of ether oxygens (including phenoxy) is 1. The van der Waals surface area contributed by atoms with E-state index < -0.39 is 31.1 Å². The Kier molecular flexibility index (Phi) is 4.29. The third kappa shape index (κ3) is 2.71. The van der Waals surface area contributed by atoms with Crippen LogP contribution in [0.5, 0.6) is 0 Å². The topological polar surface area (TPSA) is 140 Å². The molecule has 136 valence electrons. The van der Waals surface area contributed by atoms with E-state index in [2.05, 4.69) is 15.1 Å². The van der Waals surface area contributed by atoms with E-state index in [1.54, 1.807) is 0 Å². The molecule has 3 heterocycles. The summed E-state index contributed by atoms with van der Waals surface area (Å²) < 4.78 is 6.98. The van der Waals surface area contributed by atoms with Crippen molar-refractivity contribution in [1.29, 1.82) is 0 Å². The molecule has 3 aromatic rings. The molecule has 0 aliphatic carbocycles. The van der Waals surface area contributed by atoms with Crippen LogP contribution < -0.4 is 5.73 Å². The first kappa shape index (κ1) is 16.9. The number of benzene rings is 1. The predicted octanol–water partition coefficient (Wildman–Crippen LogP) is -0.389. The number of nitrogens with zero attached hydrogens (tertiary/aromatic N) is 4. The number of hydrogen-bond donors (Lipinski definition) is 4. The molecule has 5 N–H and O–H groups in total. The van der Waals surface area contributed by atoms with Gasteiger partial charge in [0.1, 0.15) is 30.5 Å². The van der Waals surface area contributed by atoms with Crippen molar-refractivity contribution in [3.8, 4) is 0 Å². The van der Waals surface area contributed by atoms with Crippen molar-refractivity contribution in [1.82, 2.24) is 19.7 Å². The van der Waals surface area contributed by atoms with Crippen molar-refractivity contribution >= 4 is 16.9 Å². The largest absolute Gasteiger partial charge is 0.394 e.